The van der Waals surface area contributed by atoms with E-state index >= 15 is 0 Å². The second-order valence-corrected chi connectivity index (χ2v) is 6.71. The zero-order valence-electron chi connectivity index (χ0n) is 14.4. The first-order chi connectivity index (χ1) is 11.5. The second kappa shape index (κ2) is 8.65. The average Bonchev–Trinajstić information content (AvgIpc) is 3.01. The summed E-state index contributed by atoms with van der Waals surface area (Å²) in [5.74, 6) is 0.501. The Morgan fingerprint density at radius 2 is 2.12 bits per heavy atom. The number of methoxy groups -OCH3 is 1. The van der Waals surface area contributed by atoms with Crippen molar-refractivity contribution in [3.63, 3.8) is 0 Å². The van der Waals surface area contributed by atoms with Gasteiger partial charge in [-0.15, -0.1) is 11.3 Å². The minimum absolute atomic E-state index is 0.00769. The van der Waals surface area contributed by atoms with Crippen molar-refractivity contribution in [3.8, 4) is 5.88 Å². The van der Waals surface area contributed by atoms with Crippen molar-refractivity contribution in [3.05, 3.63) is 40.2 Å². The molecule has 1 N–H and O–H groups in total. The quantitative estimate of drug-likeness (QED) is 0.774. The highest BCUT2D eigenvalue weighted by molar-refractivity contribution is 7.12. The molecule has 0 aliphatic carbocycles. The number of ether oxygens (including phenoxy) is 2. The molecular formula is C17H23N3O3S. The molecule has 0 saturated heterocycles. The molecule has 1 atom stereocenters. The lowest BCUT2D eigenvalue weighted by Crippen LogP contribution is -2.33. The van der Waals surface area contributed by atoms with E-state index in [-0.39, 0.29) is 12.1 Å². The molecule has 2 aromatic rings. The number of rotatable bonds is 7. The van der Waals surface area contributed by atoms with Gasteiger partial charge in [0.1, 0.15) is 6.61 Å². The van der Waals surface area contributed by atoms with Gasteiger partial charge in [0, 0.05) is 30.0 Å². The number of thiophene rings is 1. The lowest BCUT2D eigenvalue weighted by molar-refractivity contribution is 0.144. The number of hydrogen-bond donors (Lipinski definition) is 1. The van der Waals surface area contributed by atoms with Crippen molar-refractivity contribution < 1.29 is 14.3 Å². The van der Waals surface area contributed by atoms with Gasteiger partial charge in [-0.05, 0) is 32.0 Å². The third-order valence-electron chi connectivity index (χ3n) is 3.60. The van der Waals surface area contributed by atoms with Gasteiger partial charge in [-0.2, -0.15) is 0 Å². The van der Waals surface area contributed by atoms with Crippen LogP contribution in [0.2, 0.25) is 0 Å². The van der Waals surface area contributed by atoms with Crippen molar-refractivity contribution in [2.24, 2.45) is 0 Å². The van der Waals surface area contributed by atoms with Gasteiger partial charge in [-0.1, -0.05) is 0 Å². The molecule has 6 nitrogen and oxygen atoms in total. The van der Waals surface area contributed by atoms with Crippen LogP contribution in [0.3, 0.4) is 0 Å². The molecule has 1 unspecified atom stereocenters. The Hall–Kier alpha value is -2.12. The van der Waals surface area contributed by atoms with Crippen molar-refractivity contribution in [2.75, 3.05) is 32.7 Å². The molecule has 0 bridgehead atoms. The minimum atomic E-state index is -0.177. The van der Waals surface area contributed by atoms with E-state index in [4.69, 9.17) is 9.47 Å². The average molecular weight is 349 g/mol. The fourth-order valence-corrected chi connectivity index (χ4v) is 3.00. The van der Waals surface area contributed by atoms with E-state index in [2.05, 4.69) is 29.4 Å². The first kappa shape index (κ1) is 18.2. The summed E-state index contributed by atoms with van der Waals surface area (Å²) in [5.41, 5.74) is 0.625. The normalized spacial score (nSPS) is 11.8. The van der Waals surface area contributed by atoms with Gasteiger partial charge in [0.15, 0.2) is 0 Å². The number of carbonyl (C=O) groups is 1. The van der Waals surface area contributed by atoms with Crippen LogP contribution in [0.25, 0.3) is 0 Å². The summed E-state index contributed by atoms with van der Waals surface area (Å²) in [4.78, 5) is 20.6. The maximum Gasteiger partial charge on any atom is 0.322 e. The van der Waals surface area contributed by atoms with E-state index in [1.807, 2.05) is 6.92 Å². The van der Waals surface area contributed by atoms with Crippen molar-refractivity contribution in [1.82, 2.24) is 9.88 Å². The Morgan fingerprint density at radius 1 is 1.33 bits per heavy atom. The zero-order valence-corrected chi connectivity index (χ0v) is 15.2. The van der Waals surface area contributed by atoms with E-state index in [0.29, 0.717) is 24.8 Å². The molecule has 0 fully saturated rings. The fraction of sp³-hybridized carbons (Fsp3) is 0.412. The van der Waals surface area contributed by atoms with Gasteiger partial charge >= 0.3 is 6.03 Å². The highest BCUT2D eigenvalue weighted by Gasteiger charge is 2.18. The highest BCUT2D eigenvalue weighted by atomic mass is 32.1. The summed E-state index contributed by atoms with van der Waals surface area (Å²) >= 11 is 1.70. The SMILES string of the molecule is COCCOc1ccc(NC(=O)N(C)C(C)c2ccc(C)s2)cn1. The lowest BCUT2D eigenvalue weighted by atomic mass is 10.2. The Kier molecular flexibility index (Phi) is 6.57. The third kappa shape index (κ3) is 4.94. The molecule has 0 saturated carbocycles. The van der Waals surface area contributed by atoms with Crippen LogP contribution in [0.4, 0.5) is 10.5 Å². The van der Waals surface area contributed by atoms with Crippen LogP contribution in [0.1, 0.15) is 22.7 Å². The molecule has 7 heteroatoms. The van der Waals surface area contributed by atoms with E-state index < -0.39 is 0 Å². The number of pyridine rings is 1. The summed E-state index contributed by atoms with van der Waals surface area (Å²) in [5, 5.41) is 2.84. The maximum atomic E-state index is 12.4. The van der Waals surface area contributed by atoms with E-state index in [1.54, 1.807) is 48.7 Å². The van der Waals surface area contributed by atoms with Gasteiger partial charge in [-0.25, -0.2) is 9.78 Å². The summed E-state index contributed by atoms with van der Waals surface area (Å²) in [6.07, 6.45) is 1.58. The largest absolute Gasteiger partial charge is 0.475 e. The van der Waals surface area contributed by atoms with Crippen molar-refractivity contribution in [2.45, 2.75) is 19.9 Å². The zero-order chi connectivity index (χ0) is 17.5. The van der Waals surface area contributed by atoms with Crippen LogP contribution in [0, 0.1) is 6.92 Å². The third-order valence-corrected chi connectivity index (χ3v) is 4.77. The molecule has 2 amide bonds. The van der Waals surface area contributed by atoms with Gasteiger partial charge < -0.3 is 19.7 Å². The molecular weight excluding hydrogens is 326 g/mol. The van der Waals surface area contributed by atoms with Gasteiger partial charge in [0.2, 0.25) is 5.88 Å². The summed E-state index contributed by atoms with van der Waals surface area (Å²) in [7, 11) is 3.40. The Labute approximate surface area is 146 Å². The predicted octanol–water partition coefficient (Wildman–Crippen LogP) is 3.70. The summed E-state index contributed by atoms with van der Waals surface area (Å²) < 4.78 is 10.3. The van der Waals surface area contributed by atoms with Crippen LogP contribution in [0.15, 0.2) is 30.5 Å². The van der Waals surface area contributed by atoms with Crippen LogP contribution in [-0.2, 0) is 4.74 Å². The number of carbonyl (C=O) groups excluding carboxylic acids is 1. The number of urea groups is 1. The van der Waals surface area contributed by atoms with Crippen LogP contribution >= 0.6 is 11.3 Å². The molecule has 0 aromatic carbocycles. The number of aryl methyl sites for hydroxylation is 1. The van der Waals surface area contributed by atoms with Crippen molar-refractivity contribution >= 4 is 23.1 Å². The molecule has 2 aromatic heterocycles. The van der Waals surface area contributed by atoms with E-state index in [0.717, 1.165) is 4.88 Å². The number of amides is 2. The minimum Gasteiger partial charge on any atom is -0.475 e. The number of aromatic nitrogens is 1. The van der Waals surface area contributed by atoms with Gasteiger partial charge in [0.05, 0.1) is 24.5 Å². The fourth-order valence-electron chi connectivity index (χ4n) is 2.03. The van der Waals surface area contributed by atoms with Crippen molar-refractivity contribution in [1.29, 1.82) is 0 Å². The van der Waals surface area contributed by atoms with Crippen LogP contribution in [-0.4, -0.2) is 43.3 Å². The number of nitrogens with zero attached hydrogens (tertiary/aromatic N) is 2. The topological polar surface area (TPSA) is 63.7 Å². The van der Waals surface area contributed by atoms with Gasteiger partial charge in [-0.3, -0.25) is 0 Å². The first-order valence-electron chi connectivity index (χ1n) is 7.69. The summed E-state index contributed by atoms with van der Waals surface area (Å²) in [6.45, 7) is 5.01. The van der Waals surface area contributed by atoms with E-state index in [9.17, 15) is 4.79 Å². The lowest BCUT2D eigenvalue weighted by Gasteiger charge is -2.24. The molecule has 0 spiro atoms. The molecule has 24 heavy (non-hydrogen) atoms. The van der Waals surface area contributed by atoms with Crippen LogP contribution in [0.5, 0.6) is 5.88 Å². The Bertz CT molecular complexity index is 657. The molecule has 2 heterocycles. The van der Waals surface area contributed by atoms with Crippen LogP contribution < -0.4 is 10.1 Å². The number of hydrogen-bond acceptors (Lipinski definition) is 5. The molecule has 0 radical (unpaired) electrons. The molecule has 0 aliphatic rings. The smallest absolute Gasteiger partial charge is 0.322 e. The Balaban J connectivity index is 1.91. The van der Waals surface area contributed by atoms with E-state index in [1.165, 1.54) is 4.88 Å². The standard InChI is InChI=1S/C17H23N3O3S/c1-12-5-7-15(24-12)13(2)20(3)17(21)19-14-6-8-16(18-11-14)23-10-9-22-4/h5-8,11,13H,9-10H2,1-4H3,(H,19,21). The monoisotopic (exact) mass is 349 g/mol. The Morgan fingerprint density at radius 3 is 2.71 bits per heavy atom. The molecule has 0 aliphatic heterocycles. The van der Waals surface area contributed by atoms with Gasteiger partial charge in [0.25, 0.3) is 0 Å². The summed E-state index contributed by atoms with van der Waals surface area (Å²) in [6, 6.07) is 7.44. The molecule has 2 rings (SSSR count). The number of anilines is 1. The number of nitrogens with one attached hydrogen (secondary N) is 1. The maximum absolute atomic E-state index is 12.4. The molecule has 130 valence electrons. The first-order valence-corrected chi connectivity index (χ1v) is 8.51. The highest BCUT2D eigenvalue weighted by Crippen LogP contribution is 2.26. The predicted molar refractivity (Wildman–Crippen MR) is 95.9 cm³/mol. The second-order valence-electron chi connectivity index (χ2n) is 5.39.